The van der Waals surface area contributed by atoms with Crippen molar-refractivity contribution >= 4 is 34.6 Å². The molecule has 194 valence electrons. The number of rotatable bonds is 8. The lowest BCUT2D eigenvalue weighted by Crippen LogP contribution is -2.47. The van der Waals surface area contributed by atoms with Crippen LogP contribution in [0.15, 0.2) is 12.5 Å². The first-order chi connectivity index (χ1) is 16.0. The van der Waals surface area contributed by atoms with Gasteiger partial charge in [0, 0.05) is 0 Å². The number of aromatic nitrogens is 4. The maximum absolute atomic E-state index is 12.2. The molecule has 0 aliphatic carbocycles. The molecule has 0 spiro atoms. The van der Waals surface area contributed by atoms with Gasteiger partial charge in [0.05, 0.1) is 18.6 Å². The van der Waals surface area contributed by atoms with E-state index in [1.807, 2.05) is 0 Å². The summed E-state index contributed by atoms with van der Waals surface area (Å²) in [5.41, 5.74) is -1.77. The number of fused-ring (bicyclic) bond motifs is 1. The van der Waals surface area contributed by atoms with Gasteiger partial charge in [-0.15, -0.1) is 5.92 Å². The fraction of sp³-hybridized carbons (Fsp3) is 0.533. The van der Waals surface area contributed by atoms with Crippen molar-refractivity contribution in [2.24, 2.45) is 0 Å². The summed E-state index contributed by atoms with van der Waals surface area (Å²) in [6.07, 6.45) is -3.88. The number of phosphoric acid groups is 3. The number of imidazole rings is 1. The fourth-order valence-electron chi connectivity index (χ4n) is 3.36. The molecule has 2 aromatic rings. The van der Waals surface area contributed by atoms with Gasteiger partial charge < -0.3 is 34.5 Å². The van der Waals surface area contributed by atoms with Crippen LogP contribution in [0.3, 0.4) is 0 Å². The number of aliphatic hydroxyl groups is 2. The molecule has 3 unspecified atom stereocenters. The standard InChI is InChI=1S/C15H21N4O13P3/c1-4-5-15(21)12(20)11(8(2)30-34(25,26)32-35(27,28)31-33(22,23)24)29-14(15)19-7-17-10-6-16-9(3)18-13(10)19/h6-8,11-12,14,20-21H,1-3H3,(H,25,26)(H,27,28)(H2,22,23,24)/t8-,11-,12+,14-,15?/m1/s1. The van der Waals surface area contributed by atoms with Gasteiger partial charge in [-0.25, -0.2) is 28.6 Å². The Kier molecular flexibility index (Phi) is 7.75. The third-order valence-corrected chi connectivity index (χ3v) is 8.54. The second-order valence-corrected chi connectivity index (χ2v) is 11.7. The molecule has 3 heterocycles. The van der Waals surface area contributed by atoms with Gasteiger partial charge in [0.1, 0.15) is 23.5 Å². The lowest BCUT2D eigenvalue weighted by Gasteiger charge is -2.27. The molecule has 7 atom stereocenters. The first-order valence-corrected chi connectivity index (χ1v) is 14.0. The minimum atomic E-state index is -5.76. The minimum absolute atomic E-state index is 0.215. The lowest BCUT2D eigenvalue weighted by molar-refractivity contribution is -0.0831. The van der Waals surface area contributed by atoms with Crippen molar-refractivity contribution in [3.8, 4) is 11.8 Å². The molecular weight excluding hydrogens is 537 g/mol. The molecule has 0 radical (unpaired) electrons. The molecule has 0 amide bonds. The molecule has 2 aromatic heterocycles. The van der Waals surface area contributed by atoms with E-state index in [9.17, 15) is 33.7 Å². The molecular formula is C15H21N4O13P3. The highest BCUT2D eigenvalue weighted by Crippen LogP contribution is 2.66. The summed E-state index contributed by atoms with van der Waals surface area (Å²) in [6.45, 7) is 4.07. The summed E-state index contributed by atoms with van der Waals surface area (Å²) < 4.78 is 53.5. The van der Waals surface area contributed by atoms with E-state index in [-0.39, 0.29) is 5.65 Å². The third kappa shape index (κ3) is 6.22. The monoisotopic (exact) mass is 558 g/mol. The van der Waals surface area contributed by atoms with E-state index < -0.39 is 53.6 Å². The van der Waals surface area contributed by atoms with Crippen molar-refractivity contribution in [1.82, 2.24) is 19.5 Å². The van der Waals surface area contributed by atoms with Crippen LogP contribution in [-0.2, 0) is 31.6 Å². The maximum atomic E-state index is 12.2. The van der Waals surface area contributed by atoms with Crippen molar-refractivity contribution in [3.05, 3.63) is 18.3 Å². The Balaban J connectivity index is 1.89. The zero-order valence-corrected chi connectivity index (χ0v) is 20.8. The number of ether oxygens (including phenoxy) is 1. The van der Waals surface area contributed by atoms with Crippen LogP contribution in [0.4, 0.5) is 0 Å². The van der Waals surface area contributed by atoms with E-state index in [2.05, 4.69) is 35.4 Å². The largest absolute Gasteiger partial charge is 0.490 e. The van der Waals surface area contributed by atoms with Crippen LogP contribution >= 0.6 is 23.5 Å². The SMILES string of the molecule is CC#CC1(O)[C@@H](O)[C@@H]([C@@H](C)OP(=O)(O)OP(=O)(O)OP(=O)(O)O)O[C@H]1n1cnc2cnc(C)nc21. The van der Waals surface area contributed by atoms with Gasteiger partial charge in [-0.1, -0.05) is 5.92 Å². The van der Waals surface area contributed by atoms with Crippen LogP contribution in [0.2, 0.25) is 0 Å². The number of phosphoric ester groups is 1. The van der Waals surface area contributed by atoms with Crippen LogP contribution in [0.25, 0.3) is 11.2 Å². The number of hydrogen-bond donors (Lipinski definition) is 6. The van der Waals surface area contributed by atoms with Crippen molar-refractivity contribution in [2.45, 2.75) is 50.9 Å². The average molecular weight is 558 g/mol. The second kappa shape index (κ2) is 9.70. The topological polar surface area (TPSA) is 253 Å². The Hall–Kier alpha value is -1.60. The first-order valence-electron chi connectivity index (χ1n) is 9.46. The van der Waals surface area contributed by atoms with E-state index in [4.69, 9.17) is 19.0 Å². The molecule has 6 N–H and O–H groups in total. The van der Waals surface area contributed by atoms with Gasteiger partial charge >= 0.3 is 23.5 Å². The Morgan fingerprint density at radius 3 is 2.43 bits per heavy atom. The summed E-state index contributed by atoms with van der Waals surface area (Å²) in [7, 11) is -16.9. The van der Waals surface area contributed by atoms with Gasteiger partial charge in [0.25, 0.3) is 0 Å². The Bertz CT molecular complexity index is 1320. The van der Waals surface area contributed by atoms with Gasteiger partial charge in [-0.3, -0.25) is 9.09 Å². The number of aryl methyl sites for hydroxylation is 1. The van der Waals surface area contributed by atoms with Crippen molar-refractivity contribution in [1.29, 1.82) is 0 Å². The van der Waals surface area contributed by atoms with Gasteiger partial charge in [-0.05, 0) is 20.8 Å². The van der Waals surface area contributed by atoms with Gasteiger partial charge in [-0.2, -0.15) is 8.62 Å². The Morgan fingerprint density at radius 1 is 1.17 bits per heavy atom. The third-order valence-electron chi connectivity index (χ3n) is 4.62. The summed E-state index contributed by atoms with van der Waals surface area (Å²) in [4.78, 5) is 48.7. The number of nitrogens with zero attached hydrogens (tertiary/aromatic N) is 4. The Morgan fingerprint density at radius 2 is 1.83 bits per heavy atom. The molecule has 3 rings (SSSR count). The van der Waals surface area contributed by atoms with E-state index in [1.54, 1.807) is 6.92 Å². The second-order valence-electron chi connectivity index (χ2n) is 7.28. The Labute approximate surface area is 197 Å². The molecule has 1 aliphatic rings. The van der Waals surface area contributed by atoms with E-state index in [0.29, 0.717) is 11.3 Å². The normalized spacial score (nSPS) is 29.2. The van der Waals surface area contributed by atoms with Gasteiger partial charge in [0.2, 0.25) is 0 Å². The van der Waals surface area contributed by atoms with Crippen molar-refractivity contribution in [2.75, 3.05) is 0 Å². The summed E-state index contributed by atoms with van der Waals surface area (Å²) in [6, 6.07) is 0. The zero-order chi connectivity index (χ0) is 26.4. The predicted molar refractivity (Wildman–Crippen MR) is 113 cm³/mol. The minimum Gasteiger partial charge on any atom is -0.386 e. The molecule has 0 saturated carbocycles. The molecule has 35 heavy (non-hydrogen) atoms. The molecule has 1 aliphatic heterocycles. The highest BCUT2D eigenvalue weighted by atomic mass is 31.3. The molecule has 20 heteroatoms. The van der Waals surface area contributed by atoms with E-state index in [1.165, 1.54) is 24.0 Å². The maximum Gasteiger partial charge on any atom is 0.490 e. The summed E-state index contributed by atoms with van der Waals surface area (Å²) in [5.74, 6) is 5.25. The lowest BCUT2D eigenvalue weighted by atomic mass is 9.93. The predicted octanol–water partition coefficient (Wildman–Crippen LogP) is -0.121. The van der Waals surface area contributed by atoms with Crippen molar-refractivity contribution < 1.29 is 61.4 Å². The molecule has 0 bridgehead atoms. The van der Waals surface area contributed by atoms with Gasteiger partial charge in [0.15, 0.2) is 17.5 Å². The zero-order valence-electron chi connectivity index (χ0n) is 18.1. The highest BCUT2D eigenvalue weighted by Gasteiger charge is 2.58. The van der Waals surface area contributed by atoms with Crippen LogP contribution in [0.5, 0.6) is 0 Å². The number of hydrogen-bond acceptors (Lipinski definition) is 12. The summed E-state index contributed by atoms with van der Waals surface area (Å²) >= 11 is 0. The highest BCUT2D eigenvalue weighted by molar-refractivity contribution is 7.66. The molecule has 0 aromatic carbocycles. The first kappa shape index (κ1) is 28.0. The quantitative estimate of drug-likeness (QED) is 0.182. The molecule has 1 fully saturated rings. The molecule has 1 saturated heterocycles. The number of aliphatic hydroxyl groups excluding tert-OH is 1. The fourth-order valence-corrected chi connectivity index (χ4v) is 6.56. The van der Waals surface area contributed by atoms with Crippen LogP contribution in [-0.4, -0.2) is 73.2 Å². The van der Waals surface area contributed by atoms with Crippen LogP contribution < -0.4 is 0 Å². The average Bonchev–Trinajstić information content (AvgIpc) is 3.17. The van der Waals surface area contributed by atoms with Crippen molar-refractivity contribution in [3.63, 3.8) is 0 Å². The van der Waals surface area contributed by atoms with Crippen LogP contribution in [0, 0.1) is 18.8 Å². The molecule has 17 nitrogen and oxygen atoms in total. The smallest absolute Gasteiger partial charge is 0.386 e. The van der Waals surface area contributed by atoms with E-state index >= 15 is 0 Å². The van der Waals surface area contributed by atoms with E-state index in [0.717, 1.165) is 6.92 Å². The summed E-state index contributed by atoms with van der Waals surface area (Å²) in [5, 5.41) is 22.0. The van der Waals surface area contributed by atoms with Crippen LogP contribution in [0.1, 0.15) is 25.9 Å².